The topological polar surface area (TPSA) is 20.2 Å². The summed E-state index contributed by atoms with van der Waals surface area (Å²) < 4.78 is 41.4. The molecule has 0 heterocycles. The van der Waals surface area contributed by atoms with Crippen LogP contribution in [-0.2, 0) is 5.60 Å². The summed E-state index contributed by atoms with van der Waals surface area (Å²) in [4.78, 5) is 0. The molecule has 2 aromatic rings. The highest BCUT2D eigenvalue weighted by molar-refractivity contribution is 9.10. The van der Waals surface area contributed by atoms with Crippen molar-refractivity contribution in [3.8, 4) is 0 Å². The van der Waals surface area contributed by atoms with Gasteiger partial charge < -0.3 is 5.11 Å². The van der Waals surface area contributed by atoms with E-state index in [0.29, 0.717) is 8.95 Å². The molecule has 0 aromatic heterocycles. The standard InChI is InChI=1S/C14H9Br2F3O/c15-11-6-4-9(5-7-11)13(20,14(17,18)19)10-2-1-3-12(16)8-10/h1-8,20H. The Kier molecular flexibility index (Phi) is 4.27. The van der Waals surface area contributed by atoms with E-state index in [1.807, 2.05) is 0 Å². The molecule has 20 heavy (non-hydrogen) atoms. The molecule has 0 bridgehead atoms. The first-order valence-electron chi connectivity index (χ1n) is 5.56. The van der Waals surface area contributed by atoms with Crippen molar-refractivity contribution in [1.29, 1.82) is 0 Å². The summed E-state index contributed by atoms with van der Waals surface area (Å²) in [6, 6.07) is 11.0. The van der Waals surface area contributed by atoms with E-state index in [1.54, 1.807) is 6.07 Å². The Morgan fingerprint density at radius 3 is 1.90 bits per heavy atom. The van der Waals surface area contributed by atoms with E-state index < -0.39 is 11.8 Å². The van der Waals surface area contributed by atoms with Gasteiger partial charge >= 0.3 is 6.18 Å². The van der Waals surface area contributed by atoms with Gasteiger partial charge in [0.05, 0.1) is 0 Å². The van der Waals surface area contributed by atoms with Crippen LogP contribution in [0, 0.1) is 0 Å². The fourth-order valence-corrected chi connectivity index (χ4v) is 2.56. The third-order valence-corrected chi connectivity index (χ3v) is 3.94. The second kappa shape index (κ2) is 5.50. The van der Waals surface area contributed by atoms with E-state index in [9.17, 15) is 18.3 Å². The van der Waals surface area contributed by atoms with Gasteiger partial charge in [-0.3, -0.25) is 0 Å². The van der Waals surface area contributed by atoms with Crippen molar-refractivity contribution >= 4 is 31.9 Å². The number of alkyl halides is 3. The zero-order chi connectivity index (χ0) is 15.0. The lowest BCUT2D eigenvalue weighted by Crippen LogP contribution is -2.43. The molecule has 6 heteroatoms. The van der Waals surface area contributed by atoms with Crippen LogP contribution in [0.3, 0.4) is 0 Å². The van der Waals surface area contributed by atoms with Crippen molar-refractivity contribution in [2.75, 3.05) is 0 Å². The largest absolute Gasteiger partial charge is 0.425 e. The monoisotopic (exact) mass is 408 g/mol. The Hall–Kier alpha value is -0.850. The van der Waals surface area contributed by atoms with Crippen molar-refractivity contribution in [2.24, 2.45) is 0 Å². The van der Waals surface area contributed by atoms with Crippen LogP contribution < -0.4 is 0 Å². The second-order valence-electron chi connectivity index (χ2n) is 4.23. The maximum Gasteiger partial charge on any atom is 0.425 e. The van der Waals surface area contributed by atoms with E-state index in [2.05, 4.69) is 31.9 Å². The zero-order valence-corrected chi connectivity index (χ0v) is 13.1. The molecule has 0 aliphatic heterocycles. The lowest BCUT2D eigenvalue weighted by molar-refractivity contribution is -0.248. The van der Waals surface area contributed by atoms with Gasteiger partial charge in [-0.2, -0.15) is 13.2 Å². The van der Waals surface area contributed by atoms with Crippen LogP contribution in [-0.4, -0.2) is 11.3 Å². The second-order valence-corrected chi connectivity index (χ2v) is 6.06. The summed E-state index contributed by atoms with van der Waals surface area (Å²) in [6.07, 6.45) is -4.83. The maximum absolute atomic E-state index is 13.4. The van der Waals surface area contributed by atoms with E-state index in [-0.39, 0.29) is 11.1 Å². The van der Waals surface area contributed by atoms with Gasteiger partial charge in [-0.05, 0) is 35.4 Å². The SMILES string of the molecule is OC(c1ccc(Br)cc1)(c1cccc(Br)c1)C(F)(F)F. The summed E-state index contributed by atoms with van der Waals surface area (Å²) in [7, 11) is 0. The van der Waals surface area contributed by atoms with E-state index in [0.717, 1.165) is 0 Å². The molecule has 0 amide bonds. The van der Waals surface area contributed by atoms with Crippen molar-refractivity contribution in [3.05, 3.63) is 68.6 Å². The quantitative estimate of drug-likeness (QED) is 0.739. The Labute approximate surface area is 130 Å². The van der Waals surface area contributed by atoms with Gasteiger partial charge in [-0.15, -0.1) is 0 Å². The first-order valence-corrected chi connectivity index (χ1v) is 7.15. The van der Waals surface area contributed by atoms with Crippen molar-refractivity contribution in [3.63, 3.8) is 0 Å². The smallest absolute Gasteiger partial charge is 0.372 e. The van der Waals surface area contributed by atoms with E-state index in [1.165, 1.54) is 42.5 Å². The zero-order valence-electron chi connectivity index (χ0n) is 9.96. The molecule has 0 saturated heterocycles. The highest BCUT2D eigenvalue weighted by Gasteiger charge is 2.56. The maximum atomic E-state index is 13.4. The van der Waals surface area contributed by atoms with Crippen LogP contribution in [0.4, 0.5) is 13.2 Å². The molecule has 1 unspecified atom stereocenters. The van der Waals surface area contributed by atoms with Gasteiger partial charge in [0.25, 0.3) is 0 Å². The molecule has 2 rings (SSSR count). The van der Waals surface area contributed by atoms with Crippen molar-refractivity contribution in [2.45, 2.75) is 11.8 Å². The summed E-state index contributed by atoms with van der Waals surface area (Å²) in [5.74, 6) is 0. The molecule has 0 aliphatic rings. The Morgan fingerprint density at radius 1 is 0.800 bits per heavy atom. The van der Waals surface area contributed by atoms with Crippen LogP contribution in [0.2, 0.25) is 0 Å². The highest BCUT2D eigenvalue weighted by atomic mass is 79.9. The molecular weight excluding hydrogens is 401 g/mol. The van der Waals surface area contributed by atoms with Gasteiger partial charge in [0.15, 0.2) is 0 Å². The summed E-state index contributed by atoms with van der Waals surface area (Å²) in [5, 5.41) is 10.3. The molecule has 1 N–H and O–H groups in total. The molecule has 0 radical (unpaired) electrons. The highest BCUT2D eigenvalue weighted by Crippen LogP contribution is 2.44. The lowest BCUT2D eigenvalue weighted by atomic mass is 9.86. The number of aliphatic hydroxyl groups is 1. The molecule has 0 fully saturated rings. The molecular formula is C14H9Br2F3O. The number of hydrogen-bond donors (Lipinski definition) is 1. The van der Waals surface area contributed by atoms with Gasteiger partial charge in [-0.1, -0.05) is 56.1 Å². The number of rotatable bonds is 2. The van der Waals surface area contributed by atoms with Gasteiger partial charge in [0.1, 0.15) is 0 Å². The van der Waals surface area contributed by atoms with Gasteiger partial charge in [-0.25, -0.2) is 0 Å². The van der Waals surface area contributed by atoms with Crippen LogP contribution in [0.1, 0.15) is 11.1 Å². The van der Waals surface area contributed by atoms with E-state index in [4.69, 9.17) is 0 Å². The first-order chi connectivity index (χ1) is 9.25. The minimum Gasteiger partial charge on any atom is -0.372 e. The number of halogens is 5. The van der Waals surface area contributed by atoms with Crippen molar-refractivity contribution < 1.29 is 18.3 Å². The van der Waals surface area contributed by atoms with Gasteiger partial charge in [0.2, 0.25) is 5.60 Å². The fourth-order valence-electron chi connectivity index (χ4n) is 1.90. The van der Waals surface area contributed by atoms with Crippen LogP contribution in [0.25, 0.3) is 0 Å². The molecule has 106 valence electrons. The Morgan fingerprint density at radius 2 is 1.40 bits per heavy atom. The molecule has 0 spiro atoms. The minimum atomic E-state index is -4.83. The predicted molar refractivity (Wildman–Crippen MR) is 77.3 cm³/mol. The van der Waals surface area contributed by atoms with Gasteiger partial charge in [0, 0.05) is 8.95 Å². The molecule has 1 nitrogen and oxygen atoms in total. The normalized spacial score (nSPS) is 14.9. The summed E-state index contributed by atoms with van der Waals surface area (Å²) >= 11 is 6.28. The lowest BCUT2D eigenvalue weighted by Gasteiger charge is -2.31. The average Bonchev–Trinajstić information content (AvgIpc) is 2.37. The average molecular weight is 410 g/mol. The van der Waals surface area contributed by atoms with Crippen LogP contribution in [0.5, 0.6) is 0 Å². The molecule has 0 aliphatic carbocycles. The third kappa shape index (κ3) is 2.77. The first kappa shape index (κ1) is 15.5. The van der Waals surface area contributed by atoms with Crippen LogP contribution >= 0.6 is 31.9 Å². The summed E-state index contributed by atoms with van der Waals surface area (Å²) in [6.45, 7) is 0. The number of hydrogen-bond acceptors (Lipinski definition) is 1. The molecule has 1 atom stereocenters. The number of benzene rings is 2. The van der Waals surface area contributed by atoms with E-state index >= 15 is 0 Å². The Balaban J connectivity index is 2.66. The molecule has 0 saturated carbocycles. The fraction of sp³-hybridized carbons (Fsp3) is 0.143. The minimum absolute atomic E-state index is 0.230. The molecule has 2 aromatic carbocycles. The Bertz CT molecular complexity index is 611. The predicted octanol–water partition coefficient (Wildman–Crippen LogP) is 5.01. The van der Waals surface area contributed by atoms with Crippen LogP contribution in [0.15, 0.2) is 57.5 Å². The van der Waals surface area contributed by atoms with Crippen molar-refractivity contribution in [1.82, 2.24) is 0 Å². The third-order valence-electron chi connectivity index (χ3n) is 2.91. The summed E-state index contributed by atoms with van der Waals surface area (Å²) in [5.41, 5.74) is -3.51.